The molecule has 1 rings (SSSR count). The number of hydrogen-bond donors (Lipinski definition) is 1. The Labute approximate surface area is 96.1 Å². The lowest BCUT2D eigenvalue weighted by Gasteiger charge is -2.14. The van der Waals surface area contributed by atoms with E-state index < -0.39 is 12.1 Å². The number of aliphatic carboxylic acids is 1. The Hall–Kier alpha value is -1.51. The van der Waals surface area contributed by atoms with E-state index in [0.29, 0.717) is 11.7 Å². The van der Waals surface area contributed by atoms with Gasteiger partial charge in [0.1, 0.15) is 5.75 Å². The van der Waals surface area contributed by atoms with Crippen LogP contribution in [0.4, 0.5) is 0 Å². The van der Waals surface area contributed by atoms with Crippen molar-refractivity contribution in [3.8, 4) is 5.75 Å². The Morgan fingerprint density at radius 3 is 2.38 bits per heavy atom. The monoisotopic (exact) mass is 222 g/mol. The van der Waals surface area contributed by atoms with Crippen molar-refractivity contribution in [2.24, 2.45) is 0 Å². The summed E-state index contributed by atoms with van der Waals surface area (Å²) in [6, 6.07) is 5.84. The summed E-state index contributed by atoms with van der Waals surface area (Å²) in [6.45, 7) is 7.70. The van der Waals surface area contributed by atoms with Gasteiger partial charge in [0.15, 0.2) is 6.10 Å². The minimum Gasteiger partial charge on any atom is -0.479 e. The van der Waals surface area contributed by atoms with E-state index in [1.54, 1.807) is 0 Å². The van der Waals surface area contributed by atoms with Gasteiger partial charge in [-0.25, -0.2) is 4.79 Å². The summed E-state index contributed by atoms with van der Waals surface area (Å²) >= 11 is 0. The van der Waals surface area contributed by atoms with Crippen LogP contribution in [0, 0.1) is 6.92 Å². The van der Waals surface area contributed by atoms with Gasteiger partial charge in [-0.2, -0.15) is 0 Å². The SMILES string of the molecule is Cc1cc(O[C@H](C)C(=O)O)cc(C(C)C)c1. The summed E-state index contributed by atoms with van der Waals surface area (Å²) in [7, 11) is 0. The van der Waals surface area contributed by atoms with Gasteiger partial charge in [-0.15, -0.1) is 0 Å². The molecule has 0 aliphatic heterocycles. The average molecular weight is 222 g/mol. The van der Waals surface area contributed by atoms with Gasteiger partial charge in [0.2, 0.25) is 0 Å². The number of aryl methyl sites for hydroxylation is 1. The Balaban J connectivity index is 2.92. The lowest BCUT2D eigenvalue weighted by atomic mass is 10.0. The minimum atomic E-state index is -0.951. The van der Waals surface area contributed by atoms with E-state index in [-0.39, 0.29) is 0 Å². The first-order valence-electron chi connectivity index (χ1n) is 5.41. The van der Waals surface area contributed by atoms with Gasteiger partial charge < -0.3 is 9.84 Å². The number of ether oxygens (including phenoxy) is 1. The third-order valence-corrected chi connectivity index (χ3v) is 2.40. The van der Waals surface area contributed by atoms with Crippen molar-refractivity contribution in [1.29, 1.82) is 0 Å². The maximum Gasteiger partial charge on any atom is 0.344 e. The molecular weight excluding hydrogens is 204 g/mol. The van der Waals surface area contributed by atoms with Crippen LogP contribution < -0.4 is 4.74 Å². The molecule has 1 N–H and O–H groups in total. The highest BCUT2D eigenvalue weighted by atomic mass is 16.5. The molecule has 0 bridgehead atoms. The second-order valence-electron chi connectivity index (χ2n) is 4.33. The molecule has 1 aromatic rings. The molecule has 0 aliphatic rings. The molecule has 0 heterocycles. The zero-order chi connectivity index (χ0) is 12.3. The molecule has 3 heteroatoms. The number of carbonyl (C=O) groups is 1. The van der Waals surface area contributed by atoms with Crippen LogP contribution >= 0.6 is 0 Å². The third kappa shape index (κ3) is 3.26. The highest BCUT2D eigenvalue weighted by molar-refractivity contribution is 5.72. The van der Waals surface area contributed by atoms with Gasteiger partial charge >= 0.3 is 5.97 Å². The van der Waals surface area contributed by atoms with E-state index in [9.17, 15) is 4.79 Å². The van der Waals surface area contributed by atoms with Crippen LogP contribution in [0.15, 0.2) is 18.2 Å². The molecule has 88 valence electrons. The zero-order valence-corrected chi connectivity index (χ0v) is 10.2. The Morgan fingerprint density at radius 2 is 1.88 bits per heavy atom. The number of benzene rings is 1. The molecule has 0 amide bonds. The van der Waals surface area contributed by atoms with E-state index in [2.05, 4.69) is 19.9 Å². The van der Waals surface area contributed by atoms with Crippen LogP contribution in [-0.4, -0.2) is 17.2 Å². The quantitative estimate of drug-likeness (QED) is 0.851. The summed E-state index contributed by atoms with van der Waals surface area (Å²) in [6.07, 6.45) is -0.818. The number of hydrogen-bond acceptors (Lipinski definition) is 2. The minimum absolute atomic E-state index is 0.405. The molecule has 0 radical (unpaired) electrons. The molecule has 0 saturated heterocycles. The summed E-state index contributed by atoms with van der Waals surface area (Å²) in [5.41, 5.74) is 2.24. The van der Waals surface area contributed by atoms with E-state index in [4.69, 9.17) is 9.84 Å². The molecule has 0 fully saturated rings. The molecule has 1 atom stereocenters. The Kier molecular flexibility index (Phi) is 3.93. The maximum absolute atomic E-state index is 10.7. The predicted molar refractivity (Wildman–Crippen MR) is 63.0 cm³/mol. The number of rotatable bonds is 4. The van der Waals surface area contributed by atoms with Crippen LogP contribution in [0.25, 0.3) is 0 Å². The molecule has 16 heavy (non-hydrogen) atoms. The smallest absolute Gasteiger partial charge is 0.344 e. The van der Waals surface area contributed by atoms with Gasteiger partial charge in [-0.05, 0) is 43.0 Å². The first-order chi connectivity index (χ1) is 7.40. The fraction of sp³-hybridized carbons (Fsp3) is 0.462. The molecule has 1 aromatic carbocycles. The second kappa shape index (κ2) is 5.01. The second-order valence-corrected chi connectivity index (χ2v) is 4.33. The van der Waals surface area contributed by atoms with Crippen LogP contribution in [-0.2, 0) is 4.79 Å². The van der Waals surface area contributed by atoms with Crippen molar-refractivity contribution in [3.63, 3.8) is 0 Å². The van der Waals surface area contributed by atoms with Gasteiger partial charge in [0.05, 0.1) is 0 Å². The molecule has 0 aliphatic carbocycles. The molecule has 0 saturated carbocycles. The Morgan fingerprint density at radius 1 is 1.25 bits per heavy atom. The summed E-state index contributed by atoms with van der Waals surface area (Å²) in [5.74, 6) is 0.0774. The van der Waals surface area contributed by atoms with E-state index in [0.717, 1.165) is 11.1 Å². The van der Waals surface area contributed by atoms with Crippen LogP contribution in [0.3, 0.4) is 0 Å². The van der Waals surface area contributed by atoms with Crippen molar-refractivity contribution in [1.82, 2.24) is 0 Å². The topological polar surface area (TPSA) is 46.5 Å². The summed E-state index contributed by atoms with van der Waals surface area (Å²) in [5, 5.41) is 8.77. The number of carboxylic acids is 1. The number of carboxylic acid groups (broad SMARTS) is 1. The van der Waals surface area contributed by atoms with Crippen molar-refractivity contribution >= 4 is 5.97 Å². The molecule has 0 spiro atoms. The fourth-order valence-corrected chi connectivity index (χ4v) is 1.43. The normalized spacial score (nSPS) is 12.6. The van der Waals surface area contributed by atoms with Crippen molar-refractivity contribution in [3.05, 3.63) is 29.3 Å². The summed E-state index contributed by atoms with van der Waals surface area (Å²) in [4.78, 5) is 10.7. The van der Waals surface area contributed by atoms with Crippen molar-refractivity contribution < 1.29 is 14.6 Å². The average Bonchev–Trinajstić information content (AvgIpc) is 2.16. The predicted octanol–water partition coefficient (Wildman–Crippen LogP) is 2.97. The molecular formula is C13H18O3. The van der Waals surface area contributed by atoms with E-state index in [1.165, 1.54) is 6.92 Å². The lowest BCUT2D eigenvalue weighted by Crippen LogP contribution is -2.22. The van der Waals surface area contributed by atoms with Crippen LogP contribution in [0.2, 0.25) is 0 Å². The Bertz CT molecular complexity index is 383. The highest BCUT2D eigenvalue weighted by Crippen LogP contribution is 2.23. The lowest BCUT2D eigenvalue weighted by molar-refractivity contribution is -0.144. The van der Waals surface area contributed by atoms with Gasteiger partial charge in [-0.1, -0.05) is 19.9 Å². The van der Waals surface area contributed by atoms with Crippen LogP contribution in [0.1, 0.15) is 37.8 Å². The third-order valence-electron chi connectivity index (χ3n) is 2.40. The van der Waals surface area contributed by atoms with Gasteiger partial charge in [-0.3, -0.25) is 0 Å². The van der Waals surface area contributed by atoms with Crippen molar-refractivity contribution in [2.45, 2.75) is 39.7 Å². The van der Waals surface area contributed by atoms with Gasteiger partial charge in [0, 0.05) is 0 Å². The van der Waals surface area contributed by atoms with Crippen LogP contribution in [0.5, 0.6) is 5.75 Å². The van der Waals surface area contributed by atoms with E-state index >= 15 is 0 Å². The first-order valence-corrected chi connectivity index (χ1v) is 5.41. The zero-order valence-electron chi connectivity index (χ0n) is 10.2. The largest absolute Gasteiger partial charge is 0.479 e. The first kappa shape index (κ1) is 12.6. The van der Waals surface area contributed by atoms with Crippen molar-refractivity contribution in [2.75, 3.05) is 0 Å². The standard InChI is InChI=1S/C13H18O3/c1-8(2)11-5-9(3)6-12(7-11)16-10(4)13(14)15/h5-8,10H,1-4H3,(H,14,15)/t10-/m1/s1. The van der Waals surface area contributed by atoms with Gasteiger partial charge in [0.25, 0.3) is 0 Å². The maximum atomic E-state index is 10.7. The van der Waals surface area contributed by atoms with E-state index in [1.807, 2.05) is 19.1 Å². The molecule has 0 unspecified atom stereocenters. The summed E-state index contributed by atoms with van der Waals surface area (Å²) < 4.78 is 5.35. The fourth-order valence-electron chi connectivity index (χ4n) is 1.43. The molecule has 0 aromatic heterocycles. The highest BCUT2D eigenvalue weighted by Gasteiger charge is 2.13. The molecule has 3 nitrogen and oxygen atoms in total.